The van der Waals surface area contributed by atoms with E-state index in [1.807, 2.05) is 36.4 Å². The van der Waals surface area contributed by atoms with Crippen molar-refractivity contribution in [2.75, 3.05) is 0 Å². The highest BCUT2D eigenvalue weighted by atomic mass is 32.1. The fraction of sp³-hybridized carbons (Fsp3) is 0. The average Bonchev–Trinajstić information content (AvgIpc) is 3.32. The summed E-state index contributed by atoms with van der Waals surface area (Å²) in [5.41, 5.74) is 16.6. The summed E-state index contributed by atoms with van der Waals surface area (Å²) >= 11 is 4.30. The Morgan fingerprint density at radius 2 is 0.898 bits per heavy atom. The van der Waals surface area contributed by atoms with E-state index in [2.05, 4.69) is 175 Å². The van der Waals surface area contributed by atoms with Crippen LogP contribution in [-0.4, -0.2) is 26.4 Å². The van der Waals surface area contributed by atoms with Crippen molar-refractivity contribution in [1.29, 1.82) is 5.41 Å². The first kappa shape index (κ1) is 35.8. The second kappa shape index (κ2) is 15.4. The lowest BCUT2D eigenvalue weighted by Gasteiger charge is -2.20. The van der Waals surface area contributed by atoms with Gasteiger partial charge in [0.05, 0.1) is 28.3 Å². The van der Waals surface area contributed by atoms with Crippen LogP contribution in [-0.2, 0) is 0 Å². The largest absolute Gasteiger partial charge is 0.299 e. The third kappa shape index (κ3) is 6.96. The van der Waals surface area contributed by atoms with E-state index in [4.69, 9.17) is 20.4 Å². The van der Waals surface area contributed by atoms with Gasteiger partial charge in [0.1, 0.15) is 5.71 Å². The van der Waals surface area contributed by atoms with Crippen molar-refractivity contribution in [3.63, 3.8) is 0 Å². The monoisotopic (exact) mass is 773 g/mol. The Balaban J connectivity index is 1.08. The quantitative estimate of drug-likeness (QED) is 0.158. The SMILES string of the molecule is N=C1C=Cc2c(-c3ccccc3)nc3cc(-c4cccc(-c5cc(-c6ccc(-c7ccccc7)cc6)nc(-c6ccc(-c7ccccc7)cc6)n5)c4)ccc3c2/C1=N/S. The summed E-state index contributed by atoms with van der Waals surface area (Å²) < 4.78 is 4.27. The van der Waals surface area contributed by atoms with Crippen molar-refractivity contribution >= 4 is 41.2 Å². The summed E-state index contributed by atoms with van der Waals surface area (Å²) in [6, 6.07) is 64.9. The molecule has 1 N–H and O–H groups in total. The molecule has 2 aromatic heterocycles. The maximum absolute atomic E-state index is 8.64. The molecule has 9 aromatic rings. The molecule has 0 bridgehead atoms. The van der Waals surface area contributed by atoms with E-state index >= 15 is 0 Å². The van der Waals surface area contributed by atoms with Crippen molar-refractivity contribution in [3.05, 3.63) is 205 Å². The van der Waals surface area contributed by atoms with E-state index in [0.29, 0.717) is 17.2 Å². The van der Waals surface area contributed by atoms with E-state index in [1.54, 1.807) is 6.08 Å². The number of hydrogen-bond acceptors (Lipinski definition) is 6. The van der Waals surface area contributed by atoms with Crippen LogP contribution in [0.2, 0.25) is 0 Å². The summed E-state index contributed by atoms with van der Waals surface area (Å²) in [5.74, 6) is 0.657. The van der Waals surface area contributed by atoms with E-state index in [1.165, 1.54) is 5.56 Å². The summed E-state index contributed by atoms with van der Waals surface area (Å²) in [5, 5.41) is 9.56. The molecule has 7 aromatic carbocycles. The molecule has 0 saturated carbocycles. The highest BCUT2D eigenvalue weighted by Gasteiger charge is 2.24. The number of hydrogen-bond donors (Lipinski definition) is 2. The molecule has 0 spiro atoms. The lowest BCUT2D eigenvalue weighted by atomic mass is 9.87. The van der Waals surface area contributed by atoms with Crippen LogP contribution in [0.3, 0.4) is 0 Å². The highest BCUT2D eigenvalue weighted by molar-refractivity contribution is 7.79. The van der Waals surface area contributed by atoms with Gasteiger partial charge in [0.15, 0.2) is 5.82 Å². The van der Waals surface area contributed by atoms with Gasteiger partial charge in [-0.3, -0.25) is 5.41 Å². The zero-order valence-electron chi connectivity index (χ0n) is 31.8. The normalized spacial score (nSPS) is 12.8. The minimum Gasteiger partial charge on any atom is -0.299 e. The van der Waals surface area contributed by atoms with Crippen LogP contribution in [0, 0.1) is 5.41 Å². The number of nitrogens with one attached hydrogen (secondary N) is 1. The molecule has 0 atom stereocenters. The predicted octanol–water partition coefficient (Wildman–Crippen LogP) is 13.4. The molecule has 0 saturated heterocycles. The maximum atomic E-state index is 8.64. The van der Waals surface area contributed by atoms with Gasteiger partial charge in [0, 0.05) is 38.8 Å². The molecular formula is C53H35N5S. The number of pyridine rings is 1. The van der Waals surface area contributed by atoms with Crippen molar-refractivity contribution in [1.82, 2.24) is 15.0 Å². The van der Waals surface area contributed by atoms with Crippen LogP contribution >= 0.6 is 12.8 Å². The molecule has 10 rings (SSSR count). The predicted molar refractivity (Wildman–Crippen MR) is 248 cm³/mol. The standard InChI is InChI=1S/C53H35N5S/c54-46-30-29-45-50(52(46)58-59)44-28-27-42(32-49(44)55-51(45)39-15-8-3-9-16-39)41-17-10-18-43(31-41)48-33-47(38-23-19-36(20-24-38)34-11-4-1-5-12-34)56-53(57-48)40-25-21-37(22-26-40)35-13-6-2-7-14-35/h1-33,54,59H/b54-46?,58-52+. The Morgan fingerprint density at radius 3 is 1.53 bits per heavy atom. The van der Waals surface area contributed by atoms with Crippen LogP contribution in [0.5, 0.6) is 0 Å². The van der Waals surface area contributed by atoms with Crippen LogP contribution in [0.25, 0.3) is 95.5 Å². The Morgan fingerprint density at radius 1 is 0.407 bits per heavy atom. The van der Waals surface area contributed by atoms with Gasteiger partial charge in [-0.25, -0.2) is 19.3 Å². The maximum Gasteiger partial charge on any atom is 0.160 e. The first-order valence-corrected chi connectivity index (χ1v) is 19.8. The van der Waals surface area contributed by atoms with Crippen molar-refractivity contribution in [3.8, 4) is 78.5 Å². The van der Waals surface area contributed by atoms with Crippen molar-refractivity contribution in [2.45, 2.75) is 0 Å². The Labute approximate surface area is 348 Å². The van der Waals surface area contributed by atoms with Crippen molar-refractivity contribution < 1.29 is 0 Å². The van der Waals surface area contributed by atoms with Gasteiger partial charge in [-0.05, 0) is 76.5 Å². The molecule has 278 valence electrons. The first-order valence-electron chi connectivity index (χ1n) is 19.4. The second-order valence-corrected chi connectivity index (χ2v) is 14.7. The van der Waals surface area contributed by atoms with E-state index < -0.39 is 0 Å². The number of benzene rings is 7. The fourth-order valence-corrected chi connectivity index (χ4v) is 8.02. The molecule has 0 fully saturated rings. The lowest BCUT2D eigenvalue weighted by molar-refractivity contribution is 1.18. The zero-order valence-corrected chi connectivity index (χ0v) is 32.7. The number of rotatable bonds is 7. The molecule has 0 aliphatic heterocycles. The molecule has 0 unspecified atom stereocenters. The van der Waals surface area contributed by atoms with Gasteiger partial charge in [0.2, 0.25) is 0 Å². The van der Waals surface area contributed by atoms with Gasteiger partial charge in [-0.2, -0.15) is 0 Å². The number of thiol groups is 1. The molecule has 1 aliphatic carbocycles. The molecule has 1 aliphatic rings. The van der Waals surface area contributed by atoms with E-state index in [0.717, 1.165) is 89.2 Å². The third-order valence-electron chi connectivity index (χ3n) is 10.8. The highest BCUT2D eigenvalue weighted by Crippen LogP contribution is 2.37. The van der Waals surface area contributed by atoms with Gasteiger partial charge in [-0.1, -0.05) is 170 Å². The summed E-state index contributed by atoms with van der Waals surface area (Å²) in [4.78, 5) is 15.6. The molecule has 0 amide bonds. The second-order valence-electron chi connectivity index (χ2n) is 14.5. The lowest BCUT2D eigenvalue weighted by Crippen LogP contribution is -2.18. The van der Waals surface area contributed by atoms with Crippen LogP contribution in [0.1, 0.15) is 11.1 Å². The van der Waals surface area contributed by atoms with Crippen LogP contribution in [0.15, 0.2) is 199 Å². The van der Waals surface area contributed by atoms with Crippen LogP contribution in [0.4, 0.5) is 0 Å². The Kier molecular flexibility index (Phi) is 9.37. The molecule has 5 nitrogen and oxygen atoms in total. The zero-order chi connectivity index (χ0) is 39.7. The van der Waals surface area contributed by atoms with Gasteiger partial charge in [0.25, 0.3) is 0 Å². The summed E-state index contributed by atoms with van der Waals surface area (Å²) in [6.45, 7) is 0. The molecule has 59 heavy (non-hydrogen) atoms. The number of fused-ring (bicyclic) bond motifs is 3. The summed E-state index contributed by atoms with van der Waals surface area (Å²) in [7, 11) is 0. The number of aromatic nitrogens is 3. The molecule has 6 heteroatoms. The Bertz CT molecular complexity index is 2980. The number of allylic oxidation sites excluding steroid dienone is 1. The minimum atomic E-state index is 0.318. The van der Waals surface area contributed by atoms with Crippen molar-refractivity contribution in [2.24, 2.45) is 4.40 Å². The Hall–Kier alpha value is -7.54. The van der Waals surface area contributed by atoms with Gasteiger partial charge < -0.3 is 0 Å². The molecule has 0 radical (unpaired) electrons. The van der Waals surface area contributed by atoms with E-state index in [-0.39, 0.29) is 0 Å². The van der Waals surface area contributed by atoms with Crippen LogP contribution < -0.4 is 0 Å². The smallest absolute Gasteiger partial charge is 0.160 e. The topological polar surface area (TPSA) is 74.9 Å². The minimum absolute atomic E-state index is 0.318. The fourth-order valence-electron chi connectivity index (χ4n) is 7.81. The average molecular weight is 774 g/mol. The first-order chi connectivity index (χ1) is 29.1. The summed E-state index contributed by atoms with van der Waals surface area (Å²) in [6.07, 6.45) is 3.73. The van der Waals surface area contributed by atoms with Gasteiger partial charge >= 0.3 is 0 Å². The van der Waals surface area contributed by atoms with E-state index in [9.17, 15) is 0 Å². The molecular weight excluding hydrogens is 739 g/mol. The molecule has 2 heterocycles. The third-order valence-corrected chi connectivity index (χ3v) is 11.0. The van der Waals surface area contributed by atoms with Gasteiger partial charge in [-0.15, -0.1) is 0 Å². The number of nitrogens with zero attached hydrogens (tertiary/aromatic N) is 4.